The molecule has 0 bridgehead atoms. The smallest absolute Gasteiger partial charge is 0.269 e. The highest BCUT2D eigenvalue weighted by atomic mass is 32.2. The molecule has 3 aromatic carbocycles. The first kappa shape index (κ1) is 20.2. The Bertz CT molecular complexity index is 1160. The highest BCUT2D eigenvalue weighted by Gasteiger charge is 2.19. The van der Waals surface area contributed by atoms with E-state index in [1.165, 1.54) is 36.4 Å². The molecule has 3 rings (SSSR count). The number of benzene rings is 3. The van der Waals surface area contributed by atoms with Crippen LogP contribution in [0.25, 0.3) is 0 Å². The van der Waals surface area contributed by atoms with Crippen molar-refractivity contribution in [3.8, 4) is 0 Å². The van der Waals surface area contributed by atoms with Crippen LogP contribution in [0.4, 0.5) is 11.4 Å². The van der Waals surface area contributed by atoms with Gasteiger partial charge in [0, 0.05) is 23.4 Å². The Labute approximate surface area is 168 Å². The molecule has 0 atom stereocenters. The van der Waals surface area contributed by atoms with Crippen LogP contribution >= 0.6 is 0 Å². The second-order valence-electron chi connectivity index (χ2n) is 6.61. The van der Waals surface area contributed by atoms with Gasteiger partial charge in [0.1, 0.15) is 0 Å². The molecular weight excluding hydrogens is 392 g/mol. The van der Waals surface area contributed by atoms with Crippen LogP contribution in [-0.2, 0) is 9.84 Å². The average Bonchev–Trinajstić information content (AvgIpc) is 2.67. The van der Waals surface area contributed by atoms with Gasteiger partial charge in [0.2, 0.25) is 9.84 Å². The summed E-state index contributed by atoms with van der Waals surface area (Å²) in [4.78, 5) is 22.5. The monoisotopic (exact) mass is 410 g/mol. The summed E-state index contributed by atoms with van der Waals surface area (Å²) in [5, 5.41) is 13.5. The van der Waals surface area contributed by atoms with Gasteiger partial charge in [-0.1, -0.05) is 17.2 Å². The van der Waals surface area contributed by atoms with Gasteiger partial charge in [-0.2, -0.15) is 0 Å². The number of hydrogen-bond donors (Lipinski definition) is 1. The Morgan fingerprint density at radius 3 is 1.83 bits per heavy atom. The van der Waals surface area contributed by atoms with Gasteiger partial charge in [0.15, 0.2) is 0 Å². The van der Waals surface area contributed by atoms with E-state index in [0.717, 1.165) is 23.3 Å². The van der Waals surface area contributed by atoms with Crippen molar-refractivity contribution in [3.63, 3.8) is 0 Å². The fourth-order valence-electron chi connectivity index (χ4n) is 2.91. The fraction of sp³-hybridized carbons (Fsp3) is 0.0952. The molecule has 0 aromatic heterocycles. The van der Waals surface area contributed by atoms with Crippen molar-refractivity contribution < 1.29 is 18.1 Å². The predicted octanol–water partition coefficient (Wildman–Crippen LogP) is 4.30. The van der Waals surface area contributed by atoms with E-state index in [-0.39, 0.29) is 21.4 Å². The Kier molecular flexibility index (Phi) is 5.47. The molecule has 0 radical (unpaired) electrons. The van der Waals surface area contributed by atoms with Crippen molar-refractivity contribution in [1.29, 1.82) is 0 Å². The highest BCUT2D eigenvalue weighted by Crippen LogP contribution is 2.24. The molecule has 0 unspecified atom stereocenters. The summed E-state index contributed by atoms with van der Waals surface area (Å²) >= 11 is 0. The summed E-state index contributed by atoms with van der Waals surface area (Å²) in [6.45, 7) is 3.81. The molecule has 1 N–H and O–H groups in total. The van der Waals surface area contributed by atoms with E-state index in [1.807, 2.05) is 19.9 Å². The molecule has 1 amide bonds. The number of aryl methyl sites for hydroxylation is 2. The number of carbonyl (C=O) groups is 1. The first-order chi connectivity index (χ1) is 13.7. The minimum absolute atomic E-state index is 0.0238. The van der Waals surface area contributed by atoms with Crippen LogP contribution in [0.1, 0.15) is 21.5 Å². The molecule has 0 aliphatic rings. The third-order valence-corrected chi connectivity index (χ3v) is 6.05. The van der Waals surface area contributed by atoms with Gasteiger partial charge in [0.25, 0.3) is 11.6 Å². The topological polar surface area (TPSA) is 106 Å². The molecule has 0 aliphatic carbocycles. The minimum Gasteiger partial charge on any atom is -0.322 e. The molecule has 3 aromatic rings. The maximum atomic E-state index is 12.7. The van der Waals surface area contributed by atoms with Crippen molar-refractivity contribution in [2.75, 3.05) is 5.32 Å². The molecule has 0 spiro atoms. The average molecular weight is 410 g/mol. The summed E-state index contributed by atoms with van der Waals surface area (Å²) in [5.41, 5.74) is 2.73. The highest BCUT2D eigenvalue weighted by molar-refractivity contribution is 7.91. The maximum absolute atomic E-state index is 12.7. The summed E-state index contributed by atoms with van der Waals surface area (Å²) in [5.74, 6) is -0.289. The molecule has 29 heavy (non-hydrogen) atoms. The van der Waals surface area contributed by atoms with Crippen LogP contribution in [0, 0.1) is 24.0 Å². The van der Waals surface area contributed by atoms with E-state index in [1.54, 1.807) is 12.1 Å². The van der Waals surface area contributed by atoms with Gasteiger partial charge in [-0.05, 0) is 62.4 Å². The zero-order valence-corrected chi connectivity index (χ0v) is 16.6. The number of nitrogens with zero attached hydrogens (tertiary/aromatic N) is 1. The number of carbonyl (C=O) groups excluding carboxylic acids is 1. The van der Waals surface area contributed by atoms with Crippen LogP contribution in [0.3, 0.4) is 0 Å². The predicted molar refractivity (Wildman–Crippen MR) is 109 cm³/mol. The Hall–Kier alpha value is -3.52. The van der Waals surface area contributed by atoms with Gasteiger partial charge in [-0.3, -0.25) is 14.9 Å². The zero-order valence-electron chi connectivity index (χ0n) is 15.7. The molecule has 0 saturated carbocycles. The van der Waals surface area contributed by atoms with E-state index in [4.69, 9.17) is 0 Å². The van der Waals surface area contributed by atoms with Crippen molar-refractivity contribution in [2.24, 2.45) is 0 Å². The molecule has 0 heterocycles. The lowest BCUT2D eigenvalue weighted by Crippen LogP contribution is -2.12. The second kappa shape index (κ2) is 7.84. The van der Waals surface area contributed by atoms with Crippen LogP contribution in [0.5, 0.6) is 0 Å². The van der Waals surface area contributed by atoms with Gasteiger partial charge < -0.3 is 5.32 Å². The van der Waals surface area contributed by atoms with Gasteiger partial charge in [0.05, 0.1) is 14.7 Å². The molecule has 0 aliphatic heterocycles. The number of anilines is 1. The van der Waals surface area contributed by atoms with Crippen LogP contribution < -0.4 is 5.32 Å². The van der Waals surface area contributed by atoms with E-state index >= 15 is 0 Å². The third-order valence-electron chi connectivity index (χ3n) is 4.26. The zero-order chi connectivity index (χ0) is 21.2. The normalized spacial score (nSPS) is 11.1. The van der Waals surface area contributed by atoms with E-state index in [9.17, 15) is 23.3 Å². The van der Waals surface area contributed by atoms with E-state index in [0.29, 0.717) is 11.3 Å². The van der Waals surface area contributed by atoms with E-state index in [2.05, 4.69) is 5.32 Å². The second-order valence-corrected chi connectivity index (χ2v) is 8.56. The van der Waals surface area contributed by atoms with E-state index < -0.39 is 14.8 Å². The number of amides is 1. The molecule has 7 nitrogen and oxygen atoms in total. The van der Waals surface area contributed by atoms with Gasteiger partial charge >= 0.3 is 0 Å². The molecule has 8 heteroatoms. The summed E-state index contributed by atoms with van der Waals surface area (Å²) in [6.07, 6.45) is 0. The molecule has 0 fully saturated rings. The Balaban J connectivity index is 1.80. The quantitative estimate of drug-likeness (QED) is 0.499. The van der Waals surface area contributed by atoms with Crippen LogP contribution in [0.2, 0.25) is 0 Å². The van der Waals surface area contributed by atoms with Gasteiger partial charge in [-0.15, -0.1) is 0 Å². The van der Waals surface area contributed by atoms with Crippen molar-refractivity contribution >= 4 is 27.1 Å². The molecular formula is C21H18N2O5S. The van der Waals surface area contributed by atoms with Crippen molar-refractivity contribution in [2.45, 2.75) is 23.6 Å². The Morgan fingerprint density at radius 1 is 0.862 bits per heavy atom. The number of non-ortho nitro benzene ring substituents is 1. The first-order valence-electron chi connectivity index (χ1n) is 8.66. The first-order valence-corrected chi connectivity index (χ1v) is 10.1. The molecule has 0 saturated heterocycles. The van der Waals surface area contributed by atoms with Gasteiger partial charge in [-0.25, -0.2) is 8.42 Å². The van der Waals surface area contributed by atoms with Crippen molar-refractivity contribution in [1.82, 2.24) is 0 Å². The fourth-order valence-corrected chi connectivity index (χ4v) is 4.17. The summed E-state index contributed by atoms with van der Waals surface area (Å²) < 4.78 is 25.4. The number of nitro groups is 1. The largest absolute Gasteiger partial charge is 0.322 e. The number of rotatable bonds is 5. The molecule has 148 valence electrons. The standard InChI is InChI=1S/C21H18N2O5S/c1-14-11-15(2)13-16(12-14)21(24)22-17-3-7-19(8-4-17)29(27,28)20-9-5-18(6-10-20)23(25)26/h3-13H,1-2H3,(H,22,24). The van der Waals surface area contributed by atoms with Crippen LogP contribution in [-0.4, -0.2) is 19.2 Å². The lowest BCUT2D eigenvalue weighted by atomic mass is 10.1. The lowest BCUT2D eigenvalue weighted by Gasteiger charge is -2.09. The number of nitro benzene ring substituents is 1. The summed E-state index contributed by atoms with van der Waals surface area (Å²) in [6, 6.07) is 16.0. The van der Waals surface area contributed by atoms with Crippen LogP contribution in [0.15, 0.2) is 76.5 Å². The SMILES string of the molecule is Cc1cc(C)cc(C(=O)Nc2ccc(S(=O)(=O)c3ccc([N+](=O)[O-])cc3)cc2)c1. The number of sulfone groups is 1. The third kappa shape index (κ3) is 4.49. The maximum Gasteiger partial charge on any atom is 0.269 e. The minimum atomic E-state index is -3.83. The Morgan fingerprint density at radius 2 is 1.34 bits per heavy atom. The summed E-state index contributed by atoms with van der Waals surface area (Å²) in [7, 11) is -3.83. The number of nitrogens with one attached hydrogen (secondary N) is 1. The van der Waals surface area contributed by atoms with Crippen molar-refractivity contribution in [3.05, 3.63) is 93.5 Å². The lowest BCUT2D eigenvalue weighted by molar-refractivity contribution is -0.384. The number of hydrogen-bond acceptors (Lipinski definition) is 5.